The Morgan fingerprint density at radius 1 is 1.12 bits per heavy atom. The van der Waals surface area contributed by atoms with Gasteiger partial charge < -0.3 is 9.64 Å². The van der Waals surface area contributed by atoms with Gasteiger partial charge in [-0.25, -0.2) is 0 Å². The molecular weight excluding hydrogens is 320 g/mol. The quantitative estimate of drug-likeness (QED) is 0.362. The Balaban J connectivity index is 1.83. The van der Waals surface area contributed by atoms with E-state index in [1.165, 1.54) is 12.1 Å². The van der Waals surface area contributed by atoms with Crippen LogP contribution in [-0.4, -0.2) is 37.0 Å². The monoisotopic (exact) mass is 338 g/mol. The molecule has 25 heavy (non-hydrogen) atoms. The number of rotatable bonds is 5. The molecule has 1 saturated heterocycles. The first kappa shape index (κ1) is 16.9. The van der Waals surface area contributed by atoms with E-state index in [4.69, 9.17) is 4.74 Å². The molecule has 6 heteroatoms. The van der Waals surface area contributed by atoms with E-state index in [0.29, 0.717) is 43.1 Å². The van der Waals surface area contributed by atoms with E-state index in [2.05, 4.69) is 0 Å². The van der Waals surface area contributed by atoms with E-state index in [1.807, 2.05) is 11.0 Å². The highest BCUT2D eigenvalue weighted by Crippen LogP contribution is 2.30. The number of benzene rings is 2. The molecule has 0 amide bonds. The zero-order valence-electron chi connectivity index (χ0n) is 13.6. The molecule has 6 nitrogen and oxygen atoms in total. The molecule has 0 aromatic heterocycles. The minimum atomic E-state index is -0.388. The number of ketones is 1. The van der Waals surface area contributed by atoms with Gasteiger partial charge in [0.05, 0.1) is 18.1 Å². The summed E-state index contributed by atoms with van der Waals surface area (Å²) < 4.78 is 5.29. The normalized spacial score (nSPS) is 14.6. The molecule has 1 aliphatic heterocycles. The lowest BCUT2D eigenvalue weighted by molar-refractivity contribution is -0.384. The molecule has 0 spiro atoms. The van der Waals surface area contributed by atoms with Crippen LogP contribution in [0.2, 0.25) is 0 Å². The summed E-state index contributed by atoms with van der Waals surface area (Å²) in [5.41, 5.74) is 1.82. The highest BCUT2D eigenvalue weighted by Gasteiger charge is 2.21. The van der Waals surface area contributed by atoms with Crippen molar-refractivity contribution in [1.29, 1.82) is 0 Å². The molecule has 0 unspecified atom stereocenters. The Hall–Kier alpha value is -2.99. The van der Waals surface area contributed by atoms with Gasteiger partial charge in [-0.2, -0.15) is 0 Å². The number of nitrogens with zero attached hydrogens (tertiary/aromatic N) is 2. The van der Waals surface area contributed by atoms with Gasteiger partial charge in [-0.1, -0.05) is 42.5 Å². The first-order valence-corrected chi connectivity index (χ1v) is 8.04. The van der Waals surface area contributed by atoms with Crippen LogP contribution in [0.15, 0.2) is 54.6 Å². The largest absolute Gasteiger partial charge is 0.378 e. The Bertz CT molecular complexity index is 796. The Morgan fingerprint density at radius 3 is 2.52 bits per heavy atom. The number of hydrogen-bond donors (Lipinski definition) is 0. The number of allylic oxidation sites excluding steroid dienone is 1. The SMILES string of the molecule is O=C(/C=C/c1ccc(N2CCOCC2)c([N+](=O)[O-])c1)c1ccccc1. The fraction of sp³-hybridized carbons (Fsp3) is 0.211. The van der Waals surface area contributed by atoms with Gasteiger partial charge in [0, 0.05) is 24.7 Å². The number of ether oxygens (including phenoxy) is 1. The van der Waals surface area contributed by atoms with E-state index in [-0.39, 0.29) is 16.4 Å². The van der Waals surface area contributed by atoms with Gasteiger partial charge in [-0.15, -0.1) is 0 Å². The third-order valence-electron chi connectivity index (χ3n) is 4.03. The number of carbonyl (C=O) groups excluding carboxylic acids is 1. The van der Waals surface area contributed by atoms with Crippen LogP contribution in [0.25, 0.3) is 6.08 Å². The third-order valence-corrected chi connectivity index (χ3v) is 4.03. The minimum absolute atomic E-state index is 0.0382. The molecule has 3 rings (SSSR count). The topological polar surface area (TPSA) is 72.7 Å². The summed E-state index contributed by atoms with van der Waals surface area (Å²) in [6.45, 7) is 2.37. The van der Waals surface area contributed by atoms with Crippen LogP contribution in [0.5, 0.6) is 0 Å². The fourth-order valence-electron chi connectivity index (χ4n) is 2.73. The smallest absolute Gasteiger partial charge is 0.293 e. The van der Waals surface area contributed by atoms with Crippen molar-refractivity contribution < 1.29 is 14.5 Å². The van der Waals surface area contributed by atoms with Gasteiger partial charge in [0.2, 0.25) is 0 Å². The number of anilines is 1. The van der Waals surface area contributed by atoms with Crippen LogP contribution < -0.4 is 4.90 Å². The molecule has 0 atom stereocenters. The van der Waals surface area contributed by atoms with Crippen LogP contribution >= 0.6 is 0 Å². The fourth-order valence-corrected chi connectivity index (χ4v) is 2.73. The van der Waals surface area contributed by atoms with Gasteiger partial charge in [-0.05, 0) is 17.7 Å². The highest BCUT2D eigenvalue weighted by atomic mass is 16.6. The Morgan fingerprint density at radius 2 is 1.84 bits per heavy atom. The maximum Gasteiger partial charge on any atom is 0.293 e. The van der Waals surface area contributed by atoms with Gasteiger partial charge in [0.25, 0.3) is 5.69 Å². The summed E-state index contributed by atoms with van der Waals surface area (Å²) in [7, 11) is 0. The van der Waals surface area contributed by atoms with Crippen molar-refractivity contribution in [3.8, 4) is 0 Å². The number of carbonyl (C=O) groups is 1. The predicted octanol–water partition coefficient (Wildman–Crippen LogP) is 3.33. The van der Waals surface area contributed by atoms with E-state index in [9.17, 15) is 14.9 Å². The van der Waals surface area contributed by atoms with Crippen LogP contribution in [-0.2, 0) is 4.74 Å². The summed E-state index contributed by atoms with van der Waals surface area (Å²) in [6, 6.07) is 13.9. The summed E-state index contributed by atoms with van der Waals surface area (Å²) in [6.07, 6.45) is 3.04. The Kier molecular flexibility index (Phi) is 5.20. The van der Waals surface area contributed by atoms with E-state index >= 15 is 0 Å². The lowest BCUT2D eigenvalue weighted by Crippen LogP contribution is -2.36. The molecule has 1 fully saturated rings. The average Bonchev–Trinajstić information content (AvgIpc) is 2.67. The maximum atomic E-state index is 12.1. The standard InChI is InChI=1S/C19H18N2O4/c22-19(16-4-2-1-3-5-16)9-7-15-6-8-17(18(14-15)21(23)24)20-10-12-25-13-11-20/h1-9,14H,10-13H2/b9-7+. The molecule has 0 bridgehead atoms. The molecule has 0 N–H and O–H groups in total. The lowest BCUT2D eigenvalue weighted by atomic mass is 10.1. The molecule has 1 aliphatic rings. The van der Waals surface area contributed by atoms with Gasteiger partial charge in [0.1, 0.15) is 5.69 Å². The van der Waals surface area contributed by atoms with Gasteiger partial charge in [-0.3, -0.25) is 14.9 Å². The summed E-state index contributed by atoms with van der Waals surface area (Å²) >= 11 is 0. The summed E-state index contributed by atoms with van der Waals surface area (Å²) in [5, 5.41) is 11.4. The van der Waals surface area contributed by atoms with Crippen LogP contribution in [0.4, 0.5) is 11.4 Å². The second-order valence-corrected chi connectivity index (χ2v) is 5.67. The van der Waals surface area contributed by atoms with Crippen molar-refractivity contribution in [1.82, 2.24) is 0 Å². The van der Waals surface area contributed by atoms with Crippen LogP contribution in [0.1, 0.15) is 15.9 Å². The summed E-state index contributed by atoms with van der Waals surface area (Å²) in [4.78, 5) is 25.1. The zero-order valence-corrected chi connectivity index (χ0v) is 13.6. The van der Waals surface area contributed by atoms with Crippen molar-refractivity contribution in [2.45, 2.75) is 0 Å². The molecule has 128 valence electrons. The van der Waals surface area contributed by atoms with Crippen LogP contribution in [0, 0.1) is 10.1 Å². The zero-order chi connectivity index (χ0) is 17.6. The molecular formula is C19H18N2O4. The maximum absolute atomic E-state index is 12.1. The van der Waals surface area contributed by atoms with Gasteiger partial charge in [0.15, 0.2) is 5.78 Å². The van der Waals surface area contributed by atoms with Crippen LogP contribution in [0.3, 0.4) is 0 Å². The molecule has 1 heterocycles. The summed E-state index contributed by atoms with van der Waals surface area (Å²) in [5.74, 6) is -0.138. The van der Waals surface area contributed by atoms with Crippen molar-refractivity contribution in [3.05, 3.63) is 75.8 Å². The molecule has 0 aliphatic carbocycles. The van der Waals surface area contributed by atoms with Crippen molar-refractivity contribution >= 4 is 23.2 Å². The second kappa shape index (κ2) is 7.72. The minimum Gasteiger partial charge on any atom is -0.378 e. The predicted molar refractivity (Wildman–Crippen MR) is 95.9 cm³/mol. The van der Waals surface area contributed by atoms with Crippen molar-refractivity contribution in [2.24, 2.45) is 0 Å². The number of nitro groups is 1. The Labute approximate surface area is 145 Å². The highest BCUT2D eigenvalue weighted by molar-refractivity contribution is 6.06. The number of morpholine rings is 1. The second-order valence-electron chi connectivity index (χ2n) is 5.67. The lowest BCUT2D eigenvalue weighted by Gasteiger charge is -2.28. The number of hydrogen-bond acceptors (Lipinski definition) is 5. The molecule has 2 aromatic carbocycles. The van der Waals surface area contributed by atoms with E-state index in [0.717, 1.165) is 0 Å². The third kappa shape index (κ3) is 4.10. The average molecular weight is 338 g/mol. The first-order valence-electron chi connectivity index (χ1n) is 8.04. The van der Waals surface area contributed by atoms with E-state index < -0.39 is 0 Å². The first-order chi connectivity index (χ1) is 12.1. The molecule has 0 radical (unpaired) electrons. The number of nitro benzene ring substituents is 1. The van der Waals surface area contributed by atoms with Crippen molar-refractivity contribution in [3.63, 3.8) is 0 Å². The van der Waals surface area contributed by atoms with Gasteiger partial charge >= 0.3 is 0 Å². The van der Waals surface area contributed by atoms with Crippen molar-refractivity contribution in [2.75, 3.05) is 31.2 Å². The molecule has 2 aromatic rings. The molecule has 0 saturated carbocycles. The van der Waals surface area contributed by atoms with E-state index in [1.54, 1.807) is 42.5 Å².